The molecule has 2 unspecified atom stereocenters. The van der Waals surface area contributed by atoms with Crippen molar-refractivity contribution in [1.29, 1.82) is 0 Å². The van der Waals surface area contributed by atoms with Crippen LogP contribution in [0.3, 0.4) is 0 Å². The Morgan fingerprint density at radius 1 is 0.725 bits per heavy atom. The molecule has 2 heterocycles. The van der Waals surface area contributed by atoms with E-state index in [4.69, 9.17) is 9.47 Å². The van der Waals surface area contributed by atoms with Crippen LogP contribution in [0.1, 0.15) is 39.5 Å². The van der Waals surface area contributed by atoms with Gasteiger partial charge in [0.05, 0.1) is 48.3 Å². The van der Waals surface area contributed by atoms with E-state index >= 15 is 0 Å². The summed E-state index contributed by atoms with van der Waals surface area (Å²) in [4.78, 5) is 59.8. The summed E-state index contributed by atoms with van der Waals surface area (Å²) < 4.78 is 11.6. The molecular weight excluding hydrogens is 508 g/mol. The molecule has 2 aliphatic heterocycles. The highest BCUT2D eigenvalue weighted by Gasteiger charge is 2.76. The van der Waals surface area contributed by atoms with Gasteiger partial charge in [-0.3, -0.25) is 19.2 Å². The van der Waals surface area contributed by atoms with Crippen LogP contribution in [0.15, 0.2) is 60.2 Å². The van der Waals surface area contributed by atoms with Crippen molar-refractivity contribution >= 4 is 35.0 Å². The normalized spacial score (nSPS) is 32.1. The zero-order valence-corrected chi connectivity index (χ0v) is 22.7. The Kier molecular flexibility index (Phi) is 5.67. The van der Waals surface area contributed by atoms with Crippen molar-refractivity contribution in [2.75, 3.05) is 23.0 Å². The van der Waals surface area contributed by atoms with Gasteiger partial charge in [0, 0.05) is 11.3 Å². The Morgan fingerprint density at radius 3 is 1.73 bits per heavy atom. The van der Waals surface area contributed by atoms with Crippen LogP contribution < -0.4 is 19.3 Å². The van der Waals surface area contributed by atoms with Crippen molar-refractivity contribution in [2.24, 2.45) is 35.0 Å². The summed E-state index contributed by atoms with van der Waals surface area (Å²) in [7, 11) is 0. The number of para-hydroxylation sites is 4. The zero-order valence-electron chi connectivity index (χ0n) is 22.7. The summed E-state index contributed by atoms with van der Waals surface area (Å²) >= 11 is 0. The second-order valence-electron chi connectivity index (χ2n) is 11.3. The third kappa shape index (κ3) is 3.07. The van der Waals surface area contributed by atoms with Crippen LogP contribution in [0.2, 0.25) is 0 Å². The number of benzene rings is 2. The fraction of sp³-hybridized carbons (Fsp3) is 0.438. The van der Waals surface area contributed by atoms with E-state index in [1.165, 1.54) is 9.80 Å². The Hall–Kier alpha value is -3.94. The minimum absolute atomic E-state index is 0.286. The Bertz CT molecular complexity index is 1390. The maximum absolute atomic E-state index is 14.4. The highest BCUT2D eigenvalue weighted by molar-refractivity contribution is 6.27. The van der Waals surface area contributed by atoms with Gasteiger partial charge in [0.25, 0.3) is 0 Å². The molecule has 2 saturated carbocycles. The highest BCUT2D eigenvalue weighted by atomic mass is 16.5. The molecule has 0 radical (unpaired) electrons. The molecule has 4 amide bonds. The first-order chi connectivity index (χ1) is 19.5. The number of allylic oxidation sites excluding steroid dienone is 2. The summed E-state index contributed by atoms with van der Waals surface area (Å²) in [6, 6.07) is 14.2. The van der Waals surface area contributed by atoms with Gasteiger partial charge in [-0.05, 0) is 57.4 Å². The van der Waals surface area contributed by atoms with Crippen LogP contribution in [0.5, 0.6) is 11.5 Å². The van der Waals surface area contributed by atoms with Crippen LogP contribution in [0, 0.1) is 35.0 Å². The maximum atomic E-state index is 14.4. The lowest BCUT2D eigenvalue weighted by Gasteiger charge is -2.58. The molecule has 8 heteroatoms. The summed E-state index contributed by atoms with van der Waals surface area (Å²) in [6.45, 7) is 4.50. The molecule has 0 N–H and O–H groups in total. The third-order valence-corrected chi connectivity index (χ3v) is 9.73. The van der Waals surface area contributed by atoms with Crippen LogP contribution in [-0.2, 0) is 19.2 Å². The molecule has 2 bridgehead atoms. The minimum Gasteiger partial charge on any atom is -0.492 e. The number of nitrogens with zero attached hydrogens (tertiary/aromatic N) is 2. The smallest absolute Gasteiger partial charge is 0.238 e. The third-order valence-electron chi connectivity index (χ3n) is 9.73. The molecule has 2 saturated heterocycles. The molecule has 2 aromatic carbocycles. The van der Waals surface area contributed by atoms with Gasteiger partial charge >= 0.3 is 0 Å². The average Bonchev–Trinajstić information content (AvgIpc) is 3.40. The van der Waals surface area contributed by atoms with E-state index in [0.717, 1.165) is 24.8 Å². The van der Waals surface area contributed by atoms with Gasteiger partial charge in [0.1, 0.15) is 11.5 Å². The van der Waals surface area contributed by atoms with Gasteiger partial charge in [0.2, 0.25) is 23.6 Å². The van der Waals surface area contributed by atoms with E-state index in [-0.39, 0.29) is 23.6 Å². The van der Waals surface area contributed by atoms with Crippen molar-refractivity contribution in [2.45, 2.75) is 39.5 Å². The standard InChI is InChI=1S/C32H32N2O6/c1-3-39-22-14-7-5-12-20(22)33-28(35)24-19-17-18-11-9-10-16-32(18,26(24)30(33)37)27-25(19)29(36)34(31(27)38)21-13-6-8-15-23(21)40-4-2/h5-8,12-15,17,19,24-27H,3-4,9-11,16H2,1-2H3/t19?,24-,25-,26-,27+,32?/m0/s1. The number of carbonyl (C=O) groups excluding carboxylic acids is 4. The van der Waals surface area contributed by atoms with Gasteiger partial charge in [-0.15, -0.1) is 0 Å². The molecule has 1 spiro atoms. The Labute approximate surface area is 232 Å². The van der Waals surface area contributed by atoms with E-state index in [9.17, 15) is 19.2 Å². The predicted octanol–water partition coefficient (Wildman–Crippen LogP) is 4.53. The number of rotatable bonds is 6. The molecule has 206 valence electrons. The van der Waals surface area contributed by atoms with Gasteiger partial charge in [-0.1, -0.05) is 42.3 Å². The predicted molar refractivity (Wildman–Crippen MR) is 147 cm³/mol. The van der Waals surface area contributed by atoms with Crippen molar-refractivity contribution in [1.82, 2.24) is 0 Å². The molecule has 8 rings (SSSR count). The second kappa shape index (κ2) is 9.04. The fourth-order valence-corrected chi connectivity index (χ4v) is 8.49. The summed E-state index contributed by atoms with van der Waals surface area (Å²) in [6.07, 6.45) is 5.27. The number of imide groups is 2. The SMILES string of the molecule is CCOc1ccccc1N1C(=O)[C@@H]2[C@@H](C1=O)C1C=C3CCCCC32[C@H]2C(=O)N(c3ccccc3OCC)C(=O)[C@@H]12. The lowest BCUT2D eigenvalue weighted by Crippen LogP contribution is -2.60. The average molecular weight is 541 g/mol. The van der Waals surface area contributed by atoms with E-state index in [1.54, 1.807) is 36.4 Å². The van der Waals surface area contributed by atoms with Crippen molar-refractivity contribution in [3.63, 3.8) is 0 Å². The van der Waals surface area contributed by atoms with Crippen molar-refractivity contribution in [3.8, 4) is 11.5 Å². The lowest BCUT2D eigenvalue weighted by molar-refractivity contribution is -0.151. The largest absolute Gasteiger partial charge is 0.492 e. The quantitative estimate of drug-likeness (QED) is 0.395. The molecule has 6 aliphatic rings. The Balaban J connectivity index is 1.37. The van der Waals surface area contributed by atoms with Gasteiger partial charge in [-0.25, -0.2) is 9.80 Å². The number of amides is 4. The second-order valence-corrected chi connectivity index (χ2v) is 11.3. The number of ether oxygens (including phenoxy) is 2. The van der Waals surface area contributed by atoms with Crippen molar-refractivity contribution < 1.29 is 28.7 Å². The first-order valence-corrected chi connectivity index (χ1v) is 14.4. The number of hydrogen-bond acceptors (Lipinski definition) is 6. The maximum Gasteiger partial charge on any atom is 0.238 e. The molecule has 2 aromatic rings. The van der Waals surface area contributed by atoms with E-state index < -0.39 is 35.0 Å². The number of anilines is 2. The molecule has 4 fully saturated rings. The fourth-order valence-electron chi connectivity index (χ4n) is 8.49. The van der Waals surface area contributed by atoms with E-state index in [0.29, 0.717) is 42.5 Å². The van der Waals surface area contributed by atoms with E-state index in [1.807, 2.05) is 26.0 Å². The van der Waals surface area contributed by atoms with Crippen molar-refractivity contribution in [3.05, 3.63) is 60.2 Å². The van der Waals surface area contributed by atoms with E-state index in [2.05, 4.69) is 6.08 Å². The van der Waals surface area contributed by atoms with Crippen LogP contribution in [-0.4, -0.2) is 36.8 Å². The first kappa shape index (κ1) is 25.1. The Morgan fingerprint density at radius 2 is 1.23 bits per heavy atom. The molecule has 6 atom stereocenters. The van der Waals surface area contributed by atoms with Gasteiger partial charge < -0.3 is 9.47 Å². The minimum atomic E-state index is -0.855. The summed E-state index contributed by atoms with van der Waals surface area (Å²) in [5.41, 5.74) is 1.08. The summed E-state index contributed by atoms with van der Waals surface area (Å²) in [5, 5.41) is 0. The summed E-state index contributed by atoms with van der Waals surface area (Å²) in [5.74, 6) is -3.51. The van der Waals surface area contributed by atoms with Gasteiger partial charge in [0.15, 0.2) is 0 Å². The van der Waals surface area contributed by atoms with Crippen LogP contribution >= 0.6 is 0 Å². The first-order valence-electron chi connectivity index (χ1n) is 14.4. The molecule has 8 nitrogen and oxygen atoms in total. The highest BCUT2D eigenvalue weighted by Crippen LogP contribution is 2.70. The van der Waals surface area contributed by atoms with Gasteiger partial charge in [-0.2, -0.15) is 0 Å². The topological polar surface area (TPSA) is 93.2 Å². The molecule has 0 aromatic heterocycles. The number of carbonyl (C=O) groups is 4. The number of hydrogen-bond donors (Lipinski definition) is 0. The zero-order chi connectivity index (χ0) is 27.8. The molecular formula is C32H32N2O6. The lowest BCUT2D eigenvalue weighted by atomic mass is 9.41. The molecule has 4 aliphatic carbocycles. The van der Waals surface area contributed by atoms with Crippen LogP contribution in [0.4, 0.5) is 11.4 Å². The monoisotopic (exact) mass is 540 g/mol. The molecule has 40 heavy (non-hydrogen) atoms. The van der Waals surface area contributed by atoms with Crippen LogP contribution in [0.25, 0.3) is 0 Å².